The van der Waals surface area contributed by atoms with Gasteiger partial charge < -0.3 is 10.6 Å². The van der Waals surface area contributed by atoms with Crippen LogP contribution < -0.4 is 10.6 Å². The predicted octanol–water partition coefficient (Wildman–Crippen LogP) is 2.88. The summed E-state index contributed by atoms with van der Waals surface area (Å²) >= 11 is 1.83. The minimum atomic E-state index is -0.156. The van der Waals surface area contributed by atoms with Crippen molar-refractivity contribution in [2.24, 2.45) is 0 Å². The number of rotatable bonds is 7. The van der Waals surface area contributed by atoms with Gasteiger partial charge in [-0.1, -0.05) is 0 Å². The van der Waals surface area contributed by atoms with Crippen LogP contribution in [-0.2, 0) is 11.2 Å². The fourth-order valence-electron chi connectivity index (χ4n) is 2.46. The van der Waals surface area contributed by atoms with E-state index in [9.17, 15) is 4.79 Å². The molecule has 4 heteroatoms. The van der Waals surface area contributed by atoms with E-state index in [2.05, 4.69) is 49.8 Å². The Hall–Kier alpha value is -0.870. The highest BCUT2D eigenvalue weighted by atomic mass is 32.1. The number of aryl methyl sites for hydroxylation is 1. The summed E-state index contributed by atoms with van der Waals surface area (Å²) < 4.78 is 0. The normalized spacial score (nSPS) is 13.3. The van der Waals surface area contributed by atoms with Crippen LogP contribution in [-0.4, -0.2) is 24.0 Å². The van der Waals surface area contributed by atoms with Gasteiger partial charge in [0.15, 0.2) is 0 Å². The molecular weight excluding hydrogens is 256 g/mol. The van der Waals surface area contributed by atoms with E-state index in [1.165, 1.54) is 10.4 Å². The molecule has 0 aliphatic carbocycles. The van der Waals surface area contributed by atoms with E-state index in [-0.39, 0.29) is 11.4 Å². The molecule has 0 spiro atoms. The van der Waals surface area contributed by atoms with Crippen LogP contribution in [0, 0.1) is 6.92 Å². The van der Waals surface area contributed by atoms with Crippen molar-refractivity contribution < 1.29 is 4.79 Å². The van der Waals surface area contributed by atoms with Crippen molar-refractivity contribution in [3.63, 3.8) is 0 Å². The molecule has 0 aliphatic heterocycles. The quantitative estimate of drug-likeness (QED) is 0.807. The van der Waals surface area contributed by atoms with Gasteiger partial charge in [0.2, 0.25) is 5.91 Å². The van der Waals surface area contributed by atoms with E-state index < -0.39 is 0 Å². The molecule has 1 aromatic rings. The van der Waals surface area contributed by atoms with Crippen LogP contribution in [0.25, 0.3) is 0 Å². The van der Waals surface area contributed by atoms with Gasteiger partial charge in [-0.25, -0.2) is 0 Å². The van der Waals surface area contributed by atoms with Gasteiger partial charge in [-0.15, -0.1) is 11.3 Å². The van der Waals surface area contributed by atoms with Gasteiger partial charge in [0, 0.05) is 29.9 Å². The fourth-order valence-corrected chi connectivity index (χ4v) is 3.37. The monoisotopic (exact) mass is 282 g/mol. The van der Waals surface area contributed by atoms with Crippen LogP contribution in [0.3, 0.4) is 0 Å². The van der Waals surface area contributed by atoms with Crippen LogP contribution >= 0.6 is 11.3 Å². The average molecular weight is 282 g/mol. The summed E-state index contributed by atoms with van der Waals surface area (Å²) in [4.78, 5) is 12.6. The van der Waals surface area contributed by atoms with Crippen molar-refractivity contribution >= 4 is 17.2 Å². The molecule has 19 heavy (non-hydrogen) atoms. The summed E-state index contributed by atoms with van der Waals surface area (Å²) in [5.41, 5.74) is 1.23. The summed E-state index contributed by atoms with van der Waals surface area (Å²) in [6, 6.07) is 2.56. The van der Waals surface area contributed by atoms with E-state index in [4.69, 9.17) is 0 Å². The molecule has 0 radical (unpaired) electrons. The van der Waals surface area contributed by atoms with Gasteiger partial charge in [-0.05, 0) is 57.5 Å². The lowest BCUT2D eigenvalue weighted by Crippen LogP contribution is -2.47. The summed E-state index contributed by atoms with van der Waals surface area (Å²) in [6.45, 7) is 11.0. The summed E-state index contributed by atoms with van der Waals surface area (Å²) in [5, 5.41) is 8.67. The Balaban J connectivity index is 2.30. The Morgan fingerprint density at radius 1 is 1.47 bits per heavy atom. The molecular formula is C15H26N2OS. The van der Waals surface area contributed by atoms with Crippen molar-refractivity contribution in [1.29, 1.82) is 0 Å². The van der Waals surface area contributed by atoms with Gasteiger partial charge in [-0.3, -0.25) is 4.79 Å². The number of hydrogen-bond donors (Lipinski definition) is 2. The lowest BCUT2D eigenvalue weighted by atomic mass is 9.96. The molecule has 1 heterocycles. The molecule has 1 aromatic heterocycles. The van der Waals surface area contributed by atoms with Crippen molar-refractivity contribution in [1.82, 2.24) is 10.6 Å². The lowest BCUT2D eigenvalue weighted by molar-refractivity contribution is -0.120. The Bertz CT molecular complexity index is 412. The maximum Gasteiger partial charge on any atom is 0.217 e. The molecule has 0 fully saturated rings. The molecule has 0 aromatic carbocycles. The number of carbonyl (C=O) groups is 1. The molecule has 0 bridgehead atoms. The first-order chi connectivity index (χ1) is 8.80. The van der Waals surface area contributed by atoms with E-state index in [1.54, 1.807) is 6.92 Å². The topological polar surface area (TPSA) is 41.1 Å². The van der Waals surface area contributed by atoms with Crippen LogP contribution in [0.15, 0.2) is 11.4 Å². The largest absolute Gasteiger partial charge is 0.351 e. The first-order valence-corrected chi connectivity index (χ1v) is 7.73. The number of nitrogens with one attached hydrogen (secondary N) is 2. The Morgan fingerprint density at radius 2 is 2.16 bits per heavy atom. The number of thiophene rings is 1. The molecule has 1 rings (SSSR count). The molecule has 0 aliphatic rings. The highest BCUT2D eigenvalue weighted by molar-refractivity contribution is 7.10. The standard InChI is InChI=1S/C15H26N2OS/c1-11-7-9-19-14(11)6-8-16-12(2)10-15(4,5)17-13(3)18/h7,9,12,16H,6,8,10H2,1-5H3,(H,17,18). The minimum Gasteiger partial charge on any atom is -0.351 e. The van der Waals surface area contributed by atoms with E-state index >= 15 is 0 Å². The van der Waals surface area contributed by atoms with Crippen molar-refractivity contribution in [3.8, 4) is 0 Å². The lowest BCUT2D eigenvalue weighted by Gasteiger charge is -2.29. The third-order valence-electron chi connectivity index (χ3n) is 3.14. The molecule has 1 unspecified atom stereocenters. The molecule has 0 saturated heterocycles. The van der Waals surface area contributed by atoms with Crippen LogP contribution in [0.4, 0.5) is 0 Å². The van der Waals surface area contributed by atoms with E-state index in [0.29, 0.717) is 6.04 Å². The summed E-state index contributed by atoms with van der Waals surface area (Å²) in [7, 11) is 0. The van der Waals surface area contributed by atoms with Crippen LogP contribution in [0.5, 0.6) is 0 Å². The van der Waals surface area contributed by atoms with Gasteiger partial charge in [-0.2, -0.15) is 0 Å². The predicted molar refractivity (Wildman–Crippen MR) is 82.7 cm³/mol. The van der Waals surface area contributed by atoms with Crippen LogP contribution in [0.1, 0.15) is 44.6 Å². The summed E-state index contributed by atoms with van der Waals surface area (Å²) in [6.07, 6.45) is 2.00. The van der Waals surface area contributed by atoms with Crippen LogP contribution in [0.2, 0.25) is 0 Å². The van der Waals surface area contributed by atoms with Crippen molar-refractivity contribution in [2.45, 2.75) is 59.0 Å². The highest BCUT2D eigenvalue weighted by Crippen LogP contribution is 2.16. The van der Waals surface area contributed by atoms with E-state index in [1.807, 2.05) is 11.3 Å². The second-order valence-electron chi connectivity index (χ2n) is 5.90. The molecule has 108 valence electrons. The zero-order valence-corrected chi connectivity index (χ0v) is 13.5. The van der Waals surface area contributed by atoms with Crippen molar-refractivity contribution in [2.75, 3.05) is 6.54 Å². The number of amides is 1. The van der Waals surface area contributed by atoms with Crippen molar-refractivity contribution in [3.05, 3.63) is 21.9 Å². The number of carbonyl (C=O) groups excluding carboxylic acids is 1. The third-order valence-corrected chi connectivity index (χ3v) is 4.23. The molecule has 0 saturated carbocycles. The smallest absolute Gasteiger partial charge is 0.217 e. The average Bonchev–Trinajstić information content (AvgIpc) is 2.61. The van der Waals surface area contributed by atoms with Gasteiger partial charge in [0.25, 0.3) is 0 Å². The minimum absolute atomic E-state index is 0.0337. The molecule has 3 nitrogen and oxygen atoms in total. The zero-order chi connectivity index (χ0) is 14.5. The van der Waals surface area contributed by atoms with Gasteiger partial charge in [0.05, 0.1) is 0 Å². The first-order valence-electron chi connectivity index (χ1n) is 6.85. The molecule has 1 atom stereocenters. The fraction of sp³-hybridized carbons (Fsp3) is 0.667. The Kier molecular flexibility index (Phi) is 6.01. The second-order valence-corrected chi connectivity index (χ2v) is 6.90. The zero-order valence-electron chi connectivity index (χ0n) is 12.7. The highest BCUT2D eigenvalue weighted by Gasteiger charge is 2.21. The SMILES string of the molecule is CC(=O)NC(C)(C)CC(C)NCCc1sccc1C. The maximum absolute atomic E-state index is 11.1. The first kappa shape index (κ1) is 16.2. The maximum atomic E-state index is 11.1. The Morgan fingerprint density at radius 3 is 2.68 bits per heavy atom. The molecule has 2 N–H and O–H groups in total. The third kappa shape index (κ3) is 6.21. The van der Waals surface area contributed by atoms with E-state index in [0.717, 1.165) is 19.4 Å². The van der Waals surface area contributed by atoms with Gasteiger partial charge in [0.1, 0.15) is 0 Å². The van der Waals surface area contributed by atoms with Gasteiger partial charge >= 0.3 is 0 Å². The molecule has 1 amide bonds. The Labute approximate surface area is 120 Å². The number of hydrogen-bond acceptors (Lipinski definition) is 3. The summed E-state index contributed by atoms with van der Waals surface area (Å²) in [5.74, 6) is 0.0337. The second kappa shape index (κ2) is 7.06.